The summed E-state index contributed by atoms with van der Waals surface area (Å²) in [6.45, 7) is 13.5. The number of hydrogen-bond acceptors (Lipinski definition) is 8. The summed E-state index contributed by atoms with van der Waals surface area (Å²) < 4.78 is 37.6. The van der Waals surface area contributed by atoms with Crippen LogP contribution in [0.3, 0.4) is 0 Å². The molecule has 11 heteroatoms. The highest BCUT2D eigenvalue weighted by molar-refractivity contribution is 7.89. The second-order valence-electron chi connectivity index (χ2n) is 12.6. The maximum Gasteiger partial charge on any atom is 0.315 e. The number of ether oxygens (including phenoxy) is 2. The van der Waals surface area contributed by atoms with Crippen molar-refractivity contribution in [1.82, 2.24) is 4.83 Å². The van der Waals surface area contributed by atoms with E-state index < -0.39 is 56.5 Å². The zero-order valence-electron chi connectivity index (χ0n) is 24.7. The van der Waals surface area contributed by atoms with Crippen molar-refractivity contribution < 1.29 is 32.6 Å². The standard InChI is InChI=1S/C30H39ClN2O7S/c1-18-9-15-21(16-10-18)41(37,38)33-32-22-17-30(8,36)25(27(35)40-29(5,6)7)23(19-11-13-20(31)14-12-19)24(22)26(34)39-28(2,3)4/h9-16,23-25,33,36H,17H2,1-8H3/b32-22-/t23-,24-,25-,30+/m1/s1. The summed E-state index contributed by atoms with van der Waals surface area (Å²) in [4.78, 5) is 29.7. The number of aryl methyl sites for hydroxylation is 1. The maximum absolute atomic E-state index is 13.8. The summed E-state index contributed by atoms with van der Waals surface area (Å²) in [6.07, 6.45) is -0.304. The maximum atomic E-state index is 13.8. The molecule has 0 unspecified atom stereocenters. The summed E-state index contributed by atoms with van der Waals surface area (Å²) in [7, 11) is -4.12. The summed E-state index contributed by atoms with van der Waals surface area (Å²) in [6, 6.07) is 12.7. The Morgan fingerprint density at radius 3 is 1.98 bits per heavy atom. The molecule has 1 aliphatic carbocycles. The Morgan fingerprint density at radius 1 is 0.951 bits per heavy atom. The number of sulfonamides is 1. The van der Waals surface area contributed by atoms with Crippen molar-refractivity contribution in [3.63, 3.8) is 0 Å². The van der Waals surface area contributed by atoms with Gasteiger partial charge in [-0.05, 0) is 85.2 Å². The average molecular weight is 607 g/mol. The highest BCUT2D eigenvalue weighted by atomic mass is 35.5. The van der Waals surface area contributed by atoms with E-state index in [1.54, 1.807) is 77.9 Å². The molecule has 0 heterocycles. The van der Waals surface area contributed by atoms with Crippen LogP contribution in [-0.4, -0.2) is 48.0 Å². The highest BCUT2D eigenvalue weighted by Gasteiger charge is 2.57. The van der Waals surface area contributed by atoms with Crippen LogP contribution in [0.1, 0.15) is 71.9 Å². The molecule has 3 rings (SSSR count). The van der Waals surface area contributed by atoms with Gasteiger partial charge >= 0.3 is 11.9 Å². The molecule has 2 N–H and O–H groups in total. The summed E-state index contributed by atoms with van der Waals surface area (Å²) in [5.41, 5.74) is -2.18. The fraction of sp³-hybridized carbons (Fsp3) is 0.500. The number of esters is 2. The highest BCUT2D eigenvalue weighted by Crippen LogP contribution is 2.48. The van der Waals surface area contributed by atoms with Crippen LogP contribution in [0.15, 0.2) is 58.5 Å². The average Bonchev–Trinajstić information content (AvgIpc) is 2.80. The van der Waals surface area contributed by atoms with Gasteiger partial charge in [0.1, 0.15) is 17.1 Å². The molecule has 41 heavy (non-hydrogen) atoms. The van der Waals surface area contributed by atoms with Gasteiger partial charge in [0.2, 0.25) is 0 Å². The number of aliphatic hydroxyl groups is 1. The van der Waals surface area contributed by atoms with Gasteiger partial charge in [-0.1, -0.05) is 41.4 Å². The minimum absolute atomic E-state index is 0.0136. The van der Waals surface area contributed by atoms with E-state index in [1.807, 2.05) is 6.92 Å². The third-order valence-corrected chi connectivity index (χ3v) is 7.98. The van der Waals surface area contributed by atoms with Crippen molar-refractivity contribution in [1.29, 1.82) is 0 Å². The molecule has 0 bridgehead atoms. The lowest BCUT2D eigenvalue weighted by molar-refractivity contribution is -0.175. The Bertz CT molecular complexity index is 1400. The van der Waals surface area contributed by atoms with Crippen molar-refractivity contribution in [2.75, 3.05) is 0 Å². The van der Waals surface area contributed by atoms with E-state index in [4.69, 9.17) is 21.1 Å². The molecule has 0 radical (unpaired) electrons. The van der Waals surface area contributed by atoms with E-state index >= 15 is 0 Å². The molecule has 0 aromatic heterocycles. The first-order valence-corrected chi connectivity index (χ1v) is 15.1. The van der Waals surface area contributed by atoms with Crippen molar-refractivity contribution in [2.24, 2.45) is 16.9 Å². The molecule has 224 valence electrons. The summed E-state index contributed by atoms with van der Waals surface area (Å²) in [5.74, 6) is -4.93. The largest absolute Gasteiger partial charge is 0.460 e. The van der Waals surface area contributed by atoms with Gasteiger partial charge in [-0.3, -0.25) is 9.59 Å². The van der Waals surface area contributed by atoms with Crippen LogP contribution in [0, 0.1) is 18.8 Å². The number of carbonyl (C=O) groups is 2. The van der Waals surface area contributed by atoms with Gasteiger partial charge in [0, 0.05) is 17.4 Å². The number of rotatable bonds is 6. The molecule has 1 saturated carbocycles. The number of hydrogen-bond donors (Lipinski definition) is 2. The SMILES string of the molecule is Cc1ccc(S(=O)(=O)N/N=C2/C[C@](C)(O)[C@@H](C(=O)OC(C)(C)C)[C@H](c3ccc(Cl)cc3)[C@@H]2C(=O)OC(C)(C)C)cc1. The van der Waals surface area contributed by atoms with E-state index in [0.29, 0.717) is 10.6 Å². The van der Waals surface area contributed by atoms with E-state index in [9.17, 15) is 23.1 Å². The van der Waals surface area contributed by atoms with Crippen LogP contribution < -0.4 is 4.83 Å². The fourth-order valence-electron chi connectivity index (χ4n) is 4.85. The first kappa shape index (κ1) is 32.6. The number of halogens is 1. The number of nitrogens with zero attached hydrogens (tertiary/aromatic N) is 1. The molecular weight excluding hydrogens is 568 g/mol. The van der Waals surface area contributed by atoms with Crippen molar-refractivity contribution >= 4 is 39.3 Å². The molecule has 0 spiro atoms. The molecule has 0 aliphatic heterocycles. The third-order valence-electron chi connectivity index (χ3n) is 6.50. The van der Waals surface area contributed by atoms with Gasteiger partial charge in [-0.2, -0.15) is 13.5 Å². The Kier molecular flexibility index (Phi) is 9.32. The van der Waals surface area contributed by atoms with Crippen LogP contribution >= 0.6 is 11.6 Å². The van der Waals surface area contributed by atoms with E-state index in [1.165, 1.54) is 19.1 Å². The Morgan fingerprint density at radius 2 is 1.46 bits per heavy atom. The Balaban J connectivity index is 2.21. The van der Waals surface area contributed by atoms with Gasteiger partial charge in [-0.15, -0.1) is 0 Å². The zero-order valence-corrected chi connectivity index (χ0v) is 26.3. The predicted molar refractivity (Wildman–Crippen MR) is 157 cm³/mol. The van der Waals surface area contributed by atoms with Crippen LogP contribution in [0.25, 0.3) is 0 Å². The monoisotopic (exact) mass is 606 g/mol. The second kappa shape index (κ2) is 11.7. The first-order chi connectivity index (χ1) is 18.7. The lowest BCUT2D eigenvalue weighted by Crippen LogP contribution is -2.56. The van der Waals surface area contributed by atoms with Gasteiger partial charge in [0.25, 0.3) is 10.0 Å². The normalized spacial score (nSPS) is 24.5. The molecule has 4 atom stereocenters. The molecule has 9 nitrogen and oxygen atoms in total. The summed E-state index contributed by atoms with van der Waals surface area (Å²) >= 11 is 6.14. The number of carbonyl (C=O) groups excluding carboxylic acids is 2. The predicted octanol–water partition coefficient (Wildman–Crippen LogP) is 5.14. The van der Waals surface area contributed by atoms with Crippen LogP contribution in [0.4, 0.5) is 0 Å². The van der Waals surface area contributed by atoms with Crippen molar-refractivity contribution in [3.05, 3.63) is 64.7 Å². The van der Waals surface area contributed by atoms with Gasteiger partial charge in [-0.25, -0.2) is 4.83 Å². The minimum atomic E-state index is -4.12. The van der Waals surface area contributed by atoms with Crippen LogP contribution in [-0.2, 0) is 29.1 Å². The lowest BCUT2D eigenvalue weighted by atomic mass is 9.61. The molecular formula is C30H39ClN2O7S. The van der Waals surface area contributed by atoms with Gasteiger partial charge in [0.15, 0.2) is 0 Å². The lowest BCUT2D eigenvalue weighted by Gasteiger charge is -2.46. The first-order valence-electron chi connectivity index (χ1n) is 13.3. The quantitative estimate of drug-likeness (QED) is 0.344. The second-order valence-corrected chi connectivity index (χ2v) is 14.7. The Labute approximate surface area is 247 Å². The smallest absolute Gasteiger partial charge is 0.315 e. The number of hydrazone groups is 1. The molecule has 1 fully saturated rings. The van der Waals surface area contributed by atoms with Gasteiger partial charge < -0.3 is 14.6 Å². The summed E-state index contributed by atoms with van der Waals surface area (Å²) in [5, 5.41) is 16.3. The van der Waals surface area contributed by atoms with Gasteiger partial charge in [0.05, 0.1) is 22.1 Å². The van der Waals surface area contributed by atoms with E-state index in [0.717, 1.165) is 5.56 Å². The van der Waals surface area contributed by atoms with Crippen molar-refractivity contribution in [3.8, 4) is 0 Å². The Hall–Kier alpha value is -2.95. The van der Waals surface area contributed by atoms with E-state index in [2.05, 4.69) is 9.93 Å². The van der Waals surface area contributed by atoms with Crippen molar-refractivity contribution in [2.45, 2.75) is 89.4 Å². The third kappa shape index (κ3) is 8.30. The van der Waals surface area contributed by atoms with Crippen LogP contribution in [0.5, 0.6) is 0 Å². The minimum Gasteiger partial charge on any atom is -0.460 e. The molecule has 0 saturated heterocycles. The zero-order chi connectivity index (χ0) is 31.0. The number of benzene rings is 2. The molecule has 0 amide bonds. The molecule has 1 aliphatic rings. The molecule has 2 aromatic carbocycles. The fourth-order valence-corrected chi connectivity index (χ4v) is 5.82. The molecule has 2 aromatic rings. The van der Waals surface area contributed by atoms with Crippen LogP contribution in [0.2, 0.25) is 5.02 Å². The van der Waals surface area contributed by atoms with E-state index in [-0.39, 0.29) is 17.0 Å². The topological polar surface area (TPSA) is 131 Å². The number of nitrogens with one attached hydrogen (secondary N) is 1.